The van der Waals surface area contributed by atoms with Crippen LogP contribution in [0.1, 0.15) is 32.8 Å². The van der Waals surface area contributed by atoms with Gasteiger partial charge in [-0.2, -0.15) is 0 Å². The summed E-state index contributed by atoms with van der Waals surface area (Å²) in [4.78, 5) is 40.6. The molecule has 0 spiro atoms. The Morgan fingerprint density at radius 3 is 2.47 bits per heavy atom. The van der Waals surface area contributed by atoms with E-state index < -0.39 is 28.6 Å². The summed E-state index contributed by atoms with van der Waals surface area (Å²) < 4.78 is 10.7. The molecule has 1 aliphatic rings. The number of esters is 1. The van der Waals surface area contributed by atoms with E-state index in [4.69, 9.17) is 20.9 Å². The van der Waals surface area contributed by atoms with Crippen LogP contribution in [0, 0.1) is 16.0 Å². The van der Waals surface area contributed by atoms with Crippen molar-refractivity contribution in [1.82, 2.24) is 4.90 Å². The molecule has 1 aromatic rings. The molecule has 1 fully saturated rings. The number of ether oxygens (including phenoxy) is 2. The molecule has 0 aliphatic carbocycles. The molecule has 0 saturated carbocycles. The maximum atomic E-state index is 12.6. The molecular formula is C19H27N5O6. The summed E-state index contributed by atoms with van der Waals surface area (Å²) in [5.41, 5.74) is 10.9. The first-order chi connectivity index (χ1) is 14.0. The number of nitro groups is 1. The molecule has 164 valence electrons. The number of hydrogen-bond donors (Lipinski definition) is 2. The first-order valence-corrected chi connectivity index (χ1v) is 9.43. The van der Waals surface area contributed by atoms with Gasteiger partial charge in [-0.3, -0.25) is 10.1 Å². The summed E-state index contributed by atoms with van der Waals surface area (Å²) in [6.07, 6.45) is 0.0422. The molecule has 0 radical (unpaired) electrons. The van der Waals surface area contributed by atoms with Gasteiger partial charge in [0.15, 0.2) is 12.0 Å². The number of carbonyl (C=O) groups excluding carboxylic acids is 2. The molecule has 2 rings (SSSR count). The van der Waals surface area contributed by atoms with Crippen molar-refractivity contribution in [1.29, 1.82) is 0 Å². The fourth-order valence-electron chi connectivity index (χ4n) is 3.00. The fraction of sp³-hybridized carbons (Fsp3) is 0.526. The Kier molecular flexibility index (Phi) is 7.19. The summed E-state index contributed by atoms with van der Waals surface area (Å²) in [5.74, 6) is -1.23. The monoisotopic (exact) mass is 421 g/mol. The van der Waals surface area contributed by atoms with Crippen molar-refractivity contribution in [2.24, 2.45) is 22.4 Å². The van der Waals surface area contributed by atoms with Gasteiger partial charge in [-0.25, -0.2) is 14.6 Å². The molecule has 1 heterocycles. The topological polar surface area (TPSA) is 163 Å². The molecule has 11 nitrogen and oxygen atoms in total. The molecule has 0 aromatic heterocycles. The Labute approximate surface area is 174 Å². The number of carbonyl (C=O) groups is 2. The average Bonchev–Trinajstić information content (AvgIpc) is 3.13. The van der Waals surface area contributed by atoms with Crippen molar-refractivity contribution in [3.05, 3.63) is 39.9 Å². The Morgan fingerprint density at radius 1 is 1.30 bits per heavy atom. The highest BCUT2D eigenvalue weighted by molar-refractivity contribution is 5.83. The summed E-state index contributed by atoms with van der Waals surface area (Å²) in [5, 5.41) is 10.7. The van der Waals surface area contributed by atoms with E-state index in [1.807, 2.05) is 0 Å². The molecule has 0 bridgehead atoms. The quantitative estimate of drug-likeness (QED) is 0.230. The lowest BCUT2D eigenvalue weighted by atomic mass is 9.99. The molecule has 11 heteroatoms. The highest BCUT2D eigenvalue weighted by Crippen LogP contribution is 2.25. The van der Waals surface area contributed by atoms with Gasteiger partial charge in [0.05, 0.1) is 4.92 Å². The van der Waals surface area contributed by atoms with E-state index in [1.54, 1.807) is 20.8 Å². The van der Waals surface area contributed by atoms with Crippen LogP contribution in [0.5, 0.6) is 0 Å². The predicted octanol–water partition coefficient (Wildman–Crippen LogP) is 1.54. The number of guanidine groups is 1. The van der Waals surface area contributed by atoms with Gasteiger partial charge in [0.25, 0.3) is 5.69 Å². The van der Waals surface area contributed by atoms with Crippen molar-refractivity contribution in [2.45, 2.75) is 45.4 Å². The first-order valence-electron chi connectivity index (χ1n) is 9.43. The molecule has 30 heavy (non-hydrogen) atoms. The molecule has 1 saturated heterocycles. The van der Waals surface area contributed by atoms with Crippen molar-refractivity contribution in [3.8, 4) is 0 Å². The van der Waals surface area contributed by atoms with E-state index >= 15 is 0 Å². The molecule has 2 atom stereocenters. The number of non-ortho nitro benzene ring substituents is 1. The lowest BCUT2D eigenvalue weighted by Gasteiger charge is -2.25. The zero-order chi connectivity index (χ0) is 22.5. The number of aliphatic imine (C=N–C) groups is 1. The number of rotatable bonds is 6. The largest absolute Gasteiger partial charge is 0.459 e. The molecular weight excluding hydrogens is 394 g/mol. The van der Waals surface area contributed by atoms with Gasteiger partial charge in [-0.05, 0) is 44.9 Å². The minimum absolute atomic E-state index is 0.0587. The van der Waals surface area contributed by atoms with E-state index in [1.165, 1.54) is 29.2 Å². The lowest BCUT2D eigenvalue weighted by molar-refractivity contribution is -0.384. The van der Waals surface area contributed by atoms with Crippen LogP contribution in [-0.2, 0) is 20.9 Å². The van der Waals surface area contributed by atoms with E-state index in [-0.39, 0.29) is 30.7 Å². The number of likely N-dealkylation sites (tertiary alicyclic amines) is 1. The number of hydrogen-bond acceptors (Lipinski definition) is 7. The second-order valence-electron chi connectivity index (χ2n) is 8.01. The number of nitrogens with two attached hydrogens (primary N) is 2. The Hall–Kier alpha value is -3.37. The van der Waals surface area contributed by atoms with Gasteiger partial charge in [-0.15, -0.1) is 0 Å². The summed E-state index contributed by atoms with van der Waals surface area (Å²) in [7, 11) is 0. The Morgan fingerprint density at radius 2 is 1.93 bits per heavy atom. The zero-order valence-electron chi connectivity index (χ0n) is 17.2. The van der Waals surface area contributed by atoms with Gasteiger partial charge >= 0.3 is 12.1 Å². The number of nitro benzene ring substituents is 1. The second kappa shape index (κ2) is 9.42. The standard InChI is InChI=1S/C19H27N5O6/c1-19(2,3)30-18(26)23-9-8-13(10-23)15(22-17(20)21)16(25)29-11-12-4-6-14(7-5-12)24(27)28/h4-7,13,15H,8-11H2,1-3H3,(H4,20,21,22)/t13-,15?/m1/s1. The van der Waals surface area contributed by atoms with Crippen molar-refractivity contribution in [3.63, 3.8) is 0 Å². The van der Waals surface area contributed by atoms with Gasteiger partial charge < -0.3 is 25.8 Å². The van der Waals surface area contributed by atoms with Gasteiger partial charge in [-0.1, -0.05) is 0 Å². The van der Waals surface area contributed by atoms with Crippen LogP contribution in [0.4, 0.5) is 10.5 Å². The van der Waals surface area contributed by atoms with E-state index in [0.717, 1.165) is 0 Å². The highest BCUT2D eigenvalue weighted by Gasteiger charge is 2.38. The van der Waals surface area contributed by atoms with Crippen molar-refractivity contribution >= 4 is 23.7 Å². The van der Waals surface area contributed by atoms with Gasteiger partial charge in [0.2, 0.25) is 0 Å². The van der Waals surface area contributed by atoms with Gasteiger partial charge in [0.1, 0.15) is 12.2 Å². The van der Waals surface area contributed by atoms with Crippen LogP contribution >= 0.6 is 0 Å². The third-order valence-corrected chi connectivity index (χ3v) is 4.38. The SMILES string of the molecule is CC(C)(C)OC(=O)N1CC[C@@H](C(N=C(N)N)C(=O)OCc2ccc([N+](=O)[O-])cc2)C1. The number of amides is 1. The number of benzene rings is 1. The predicted molar refractivity (Wildman–Crippen MR) is 108 cm³/mol. The van der Waals surface area contributed by atoms with E-state index in [2.05, 4.69) is 4.99 Å². The maximum absolute atomic E-state index is 12.6. The van der Waals surface area contributed by atoms with Crippen LogP contribution in [0.25, 0.3) is 0 Å². The van der Waals surface area contributed by atoms with E-state index in [9.17, 15) is 19.7 Å². The number of nitrogens with zero attached hydrogens (tertiary/aromatic N) is 3. The third kappa shape index (κ3) is 6.61. The molecule has 1 unspecified atom stereocenters. The minimum Gasteiger partial charge on any atom is -0.459 e. The van der Waals surface area contributed by atoms with Crippen LogP contribution in [-0.4, -0.2) is 52.6 Å². The third-order valence-electron chi connectivity index (χ3n) is 4.38. The molecule has 1 amide bonds. The van der Waals surface area contributed by atoms with Crippen LogP contribution in [0.3, 0.4) is 0 Å². The van der Waals surface area contributed by atoms with Crippen molar-refractivity contribution < 1.29 is 24.0 Å². The Bertz CT molecular complexity index is 814. The Balaban J connectivity index is 2.01. The average molecular weight is 421 g/mol. The van der Waals surface area contributed by atoms with Gasteiger partial charge in [0, 0.05) is 31.1 Å². The lowest BCUT2D eigenvalue weighted by Crippen LogP contribution is -2.38. The molecule has 4 N–H and O–H groups in total. The van der Waals surface area contributed by atoms with E-state index in [0.29, 0.717) is 18.5 Å². The normalized spacial score (nSPS) is 17.2. The van der Waals surface area contributed by atoms with Crippen LogP contribution in [0.2, 0.25) is 0 Å². The smallest absolute Gasteiger partial charge is 0.410 e. The summed E-state index contributed by atoms with van der Waals surface area (Å²) in [6.45, 7) is 5.90. The maximum Gasteiger partial charge on any atom is 0.410 e. The van der Waals surface area contributed by atoms with Crippen molar-refractivity contribution in [2.75, 3.05) is 13.1 Å². The summed E-state index contributed by atoms with van der Waals surface area (Å²) in [6, 6.07) is 4.68. The van der Waals surface area contributed by atoms with Crippen LogP contribution < -0.4 is 11.5 Å². The fourth-order valence-corrected chi connectivity index (χ4v) is 3.00. The first kappa shape index (κ1) is 22.9. The van der Waals surface area contributed by atoms with Crippen LogP contribution in [0.15, 0.2) is 29.3 Å². The molecule has 1 aliphatic heterocycles. The second-order valence-corrected chi connectivity index (χ2v) is 8.01. The zero-order valence-corrected chi connectivity index (χ0v) is 17.2. The minimum atomic E-state index is -0.972. The summed E-state index contributed by atoms with van der Waals surface area (Å²) >= 11 is 0. The molecule has 1 aromatic carbocycles. The highest BCUT2D eigenvalue weighted by atomic mass is 16.6.